The van der Waals surface area contributed by atoms with E-state index in [0.29, 0.717) is 0 Å². The van der Waals surface area contributed by atoms with Crippen molar-refractivity contribution >= 4 is 13.2 Å². The maximum Gasteiger partial charge on any atom is 0.356 e. The lowest BCUT2D eigenvalue weighted by Gasteiger charge is -2.36. The molecule has 2 aromatic rings. The second-order valence-electron chi connectivity index (χ2n) is 5.69. The molecule has 128 valence electrons. The first-order chi connectivity index (χ1) is 12.1. The molecular formula is C20H20NO3P. The quantitative estimate of drug-likeness (QED) is 0.601. The van der Waals surface area contributed by atoms with Gasteiger partial charge in [0.1, 0.15) is 0 Å². The molecule has 1 aliphatic heterocycles. The minimum absolute atomic E-state index is 0.499. The average molecular weight is 353 g/mol. The highest BCUT2D eigenvalue weighted by Crippen LogP contribution is 2.62. The van der Waals surface area contributed by atoms with Crippen molar-refractivity contribution in [2.75, 3.05) is 21.3 Å². The van der Waals surface area contributed by atoms with E-state index in [9.17, 15) is 4.57 Å². The molecule has 1 aliphatic rings. The summed E-state index contributed by atoms with van der Waals surface area (Å²) in [4.78, 5) is 1.85. The molecule has 0 aliphatic carbocycles. The molecule has 0 N–H and O–H groups in total. The third-order valence-corrected chi connectivity index (χ3v) is 6.43. The van der Waals surface area contributed by atoms with E-state index in [1.54, 1.807) is 0 Å². The number of rotatable bonds is 3. The Hall–Kier alpha value is -2.31. The zero-order chi connectivity index (χ0) is 17.9. The van der Waals surface area contributed by atoms with E-state index in [1.165, 1.54) is 14.2 Å². The van der Waals surface area contributed by atoms with Crippen molar-refractivity contribution in [3.8, 4) is 11.8 Å². The first-order valence-corrected chi connectivity index (χ1v) is 9.51. The highest BCUT2D eigenvalue weighted by molar-refractivity contribution is 7.54. The molecule has 0 radical (unpaired) electrons. The molecule has 0 saturated heterocycles. The van der Waals surface area contributed by atoms with E-state index in [4.69, 9.17) is 9.05 Å². The van der Waals surface area contributed by atoms with Crippen LogP contribution in [0.2, 0.25) is 0 Å². The molecule has 0 spiro atoms. The molecule has 0 aromatic heterocycles. The predicted octanol–water partition coefficient (Wildman–Crippen LogP) is 4.51. The van der Waals surface area contributed by atoms with Gasteiger partial charge in [-0.25, -0.2) is 0 Å². The molecule has 1 heterocycles. The summed E-state index contributed by atoms with van der Waals surface area (Å²) in [5.41, 5.74) is 3.65. The number of nitrogens with zero attached hydrogens (tertiary/aromatic N) is 1. The fraction of sp³-hybridized carbons (Fsp3) is 0.200. The largest absolute Gasteiger partial charge is 0.362 e. The molecule has 0 bridgehead atoms. The van der Waals surface area contributed by atoms with E-state index in [2.05, 4.69) is 11.8 Å². The highest BCUT2D eigenvalue weighted by atomic mass is 31.2. The standard InChI is InChI=1S/C20H20NO3P/c1-21-15-17(14-13-16-9-5-4-6-10-16)18-11-7-8-12-19(18)20(21)25(22,23-2)24-3/h4-12,15,20H,1-3H3. The van der Waals surface area contributed by atoms with Gasteiger partial charge in [0, 0.05) is 38.6 Å². The van der Waals surface area contributed by atoms with Crippen LogP contribution in [0.1, 0.15) is 22.5 Å². The van der Waals surface area contributed by atoms with Gasteiger partial charge in [0.2, 0.25) is 0 Å². The molecule has 3 rings (SSSR count). The summed E-state index contributed by atoms with van der Waals surface area (Å²) in [5.74, 6) is 5.91. The SMILES string of the molecule is COP(=O)(OC)C1c2ccccc2C(C#Cc2ccccc2)=CN1C. The summed E-state index contributed by atoms with van der Waals surface area (Å²) in [7, 11) is 1.37. The Kier molecular flexibility index (Phi) is 5.11. The second-order valence-corrected chi connectivity index (χ2v) is 7.99. The lowest BCUT2D eigenvalue weighted by atomic mass is 9.97. The van der Waals surface area contributed by atoms with Gasteiger partial charge in [-0.1, -0.05) is 54.3 Å². The number of hydrogen-bond acceptors (Lipinski definition) is 4. The summed E-state index contributed by atoms with van der Waals surface area (Å²) >= 11 is 0. The van der Waals surface area contributed by atoms with E-state index in [0.717, 1.165) is 22.3 Å². The van der Waals surface area contributed by atoms with Crippen LogP contribution in [-0.4, -0.2) is 26.2 Å². The van der Waals surface area contributed by atoms with Crippen molar-refractivity contribution in [2.45, 2.75) is 5.78 Å². The van der Waals surface area contributed by atoms with Gasteiger partial charge in [0.05, 0.1) is 0 Å². The minimum Gasteiger partial charge on any atom is -0.362 e. The summed E-state index contributed by atoms with van der Waals surface area (Å²) in [6.45, 7) is 0. The lowest BCUT2D eigenvalue weighted by Crippen LogP contribution is -2.25. The molecular weight excluding hydrogens is 333 g/mol. The average Bonchev–Trinajstić information content (AvgIpc) is 2.66. The summed E-state index contributed by atoms with van der Waals surface area (Å²) in [6.07, 6.45) is 1.90. The lowest BCUT2D eigenvalue weighted by molar-refractivity contribution is 0.235. The van der Waals surface area contributed by atoms with Crippen molar-refractivity contribution < 1.29 is 13.6 Å². The Morgan fingerprint density at radius 2 is 1.60 bits per heavy atom. The highest BCUT2D eigenvalue weighted by Gasteiger charge is 2.41. The molecule has 1 atom stereocenters. The molecule has 5 heteroatoms. The fourth-order valence-corrected chi connectivity index (χ4v) is 4.59. The van der Waals surface area contributed by atoms with Crippen LogP contribution < -0.4 is 0 Å². The van der Waals surface area contributed by atoms with Gasteiger partial charge in [0.25, 0.3) is 0 Å². The number of allylic oxidation sites excluding steroid dienone is 1. The smallest absolute Gasteiger partial charge is 0.356 e. The van der Waals surface area contributed by atoms with Crippen molar-refractivity contribution in [3.63, 3.8) is 0 Å². The number of benzene rings is 2. The number of hydrogen-bond donors (Lipinski definition) is 0. The van der Waals surface area contributed by atoms with Crippen molar-refractivity contribution in [2.24, 2.45) is 0 Å². The molecule has 0 fully saturated rings. The molecule has 25 heavy (non-hydrogen) atoms. The Bertz CT molecular complexity index is 888. The van der Waals surface area contributed by atoms with Crippen LogP contribution in [0.15, 0.2) is 60.8 Å². The van der Waals surface area contributed by atoms with Crippen molar-refractivity contribution in [3.05, 3.63) is 77.5 Å². The van der Waals surface area contributed by atoms with Crippen LogP contribution in [-0.2, 0) is 13.6 Å². The normalized spacial score (nSPS) is 16.5. The van der Waals surface area contributed by atoms with Gasteiger partial charge < -0.3 is 13.9 Å². The molecule has 0 saturated carbocycles. The predicted molar refractivity (Wildman–Crippen MR) is 99.9 cm³/mol. The van der Waals surface area contributed by atoms with Crippen molar-refractivity contribution in [1.82, 2.24) is 4.90 Å². The van der Waals surface area contributed by atoms with E-state index in [-0.39, 0.29) is 0 Å². The van der Waals surface area contributed by atoms with Crippen LogP contribution in [0.25, 0.3) is 5.57 Å². The van der Waals surface area contributed by atoms with Gasteiger partial charge in [0.15, 0.2) is 5.78 Å². The maximum atomic E-state index is 13.0. The zero-order valence-electron chi connectivity index (χ0n) is 14.5. The van der Waals surface area contributed by atoms with Crippen LogP contribution in [0.5, 0.6) is 0 Å². The second kappa shape index (κ2) is 7.29. The first-order valence-electron chi connectivity index (χ1n) is 7.90. The van der Waals surface area contributed by atoms with Crippen molar-refractivity contribution in [1.29, 1.82) is 0 Å². The van der Waals surface area contributed by atoms with Gasteiger partial charge in [-0.05, 0) is 23.3 Å². The Balaban J connectivity index is 2.07. The third kappa shape index (κ3) is 3.41. The Morgan fingerprint density at radius 1 is 0.960 bits per heavy atom. The molecule has 4 nitrogen and oxygen atoms in total. The van der Waals surface area contributed by atoms with Gasteiger partial charge in [-0.3, -0.25) is 4.57 Å². The van der Waals surface area contributed by atoms with Gasteiger partial charge in [-0.15, -0.1) is 0 Å². The van der Waals surface area contributed by atoms with Crippen LogP contribution in [0.3, 0.4) is 0 Å². The summed E-state index contributed by atoms with van der Waals surface area (Å²) < 4.78 is 23.5. The molecule has 0 amide bonds. The minimum atomic E-state index is -3.32. The van der Waals surface area contributed by atoms with Crippen LogP contribution >= 0.6 is 7.60 Å². The first kappa shape index (κ1) is 17.5. The van der Waals surface area contributed by atoms with Crippen LogP contribution in [0.4, 0.5) is 0 Å². The monoisotopic (exact) mass is 353 g/mol. The summed E-state index contributed by atoms with van der Waals surface area (Å²) in [6, 6.07) is 17.6. The van der Waals surface area contributed by atoms with Crippen LogP contribution in [0, 0.1) is 11.8 Å². The molecule has 2 aromatic carbocycles. The van der Waals surface area contributed by atoms with E-state index < -0.39 is 13.4 Å². The fourth-order valence-electron chi connectivity index (χ4n) is 2.96. The van der Waals surface area contributed by atoms with Gasteiger partial charge in [-0.2, -0.15) is 0 Å². The zero-order valence-corrected chi connectivity index (χ0v) is 15.4. The summed E-state index contributed by atoms with van der Waals surface area (Å²) in [5, 5.41) is 0. The maximum absolute atomic E-state index is 13.0. The third-order valence-electron chi connectivity index (χ3n) is 4.17. The van der Waals surface area contributed by atoms with Gasteiger partial charge >= 0.3 is 7.60 Å². The topological polar surface area (TPSA) is 38.8 Å². The molecule has 1 unspecified atom stereocenters. The number of fused-ring (bicyclic) bond motifs is 1. The Morgan fingerprint density at radius 3 is 2.28 bits per heavy atom. The van der Waals surface area contributed by atoms with E-state index in [1.807, 2.05) is 72.7 Å². The Labute approximate surface area is 148 Å². The van der Waals surface area contributed by atoms with E-state index >= 15 is 0 Å².